The van der Waals surface area contributed by atoms with Crippen LogP contribution in [0.3, 0.4) is 0 Å². The molecule has 3 heterocycles. The van der Waals surface area contributed by atoms with Gasteiger partial charge in [0.1, 0.15) is 0 Å². The van der Waals surface area contributed by atoms with Crippen LogP contribution in [-0.2, 0) is 10.8 Å². The van der Waals surface area contributed by atoms with Gasteiger partial charge in [-0.05, 0) is 167 Å². The zero-order valence-electron chi connectivity index (χ0n) is 47.3. The van der Waals surface area contributed by atoms with Gasteiger partial charge in [0.05, 0.1) is 44.3 Å². The third-order valence-electron chi connectivity index (χ3n) is 20.3. The molecular formula is C84H51N3. The van der Waals surface area contributed by atoms with Crippen molar-refractivity contribution in [1.29, 1.82) is 0 Å². The molecule has 20 rings (SSSR count). The molecule has 87 heavy (non-hydrogen) atoms. The third-order valence-corrected chi connectivity index (χ3v) is 20.3. The highest BCUT2D eigenvalue weighted by molar-refractivity contribution is 6.14. The average Bonchev–Trinajstić information content (AvgIpc) is 1.74. The Morgan fingerprint density at radius 2 is 0.793 bits per heavy atom. The van der Waals surface area contributed by atoms with E-state index in [4.69, 9.17) is 0 Å². The van der Waals surface area contributed by atoms with E-state index in [9.17, 15) is 0 Å². The van der Waals surface area contributed by atoms with E-state index in [1.807, 2.05) is 0 Å². The van der Waals surface area contributed by atoms with E-state index in [1.54, 1.807) is 0 Å². The Bertz CT molecular complexity index is 5660. The van der Waals surface area contributed by atoms with E-state index in [1.165, 1.54) is 144 Å². The van der Waals surface area contributed by atoms with E-state index >= 15 is 0 Å². The summed E-state index contributed by atoms with van der Waals surface area (Å²) >= 11 is 0. The Hall–Kier alpha value is -11.3. The summed E-state index contributed by atoms with van der Waals surface area (Å²) in [5.74, 6) is 0. The second kappa shape index (κ2) is 17.2. The van der Waals surface area contributed by atoms with Crippen LogP contribution < -0.4 is 4.90 Å². The number of hydrogen-bond donors (Lipinski definition) is 0. The highest BCUT2D eigenvalue weighted by Crippen LogP contribution is 2.66. The number of hydrogen-bond acceptors (Lipinski definition) is 1. The van der Waals surface area contributed by atoms with Crippen molar-refractivity contribution in [3.63, 3.8) is 0 Å². The van der Waals surface area contributed by atoms with E-state index in [0.29, 0.717) is 0 Å². The summed E-state index contributed by atoms with van der Waals surface area (Å²) in [7, 11) is 0. The van der Waals surface area contributed by atoms with E-state index in [0.717, 1.165) is 28.3 Å². The average molecular weight is 1100 g/mol. The maximum absolute atomic E-state index is 2.58. The maximum Gasteiger partial charge on any atom is 0.0755 e. The van der Waals surface area contributed by atoms with Crippen LogP contribution in [0.15, 0.2) is 309 Å². The zero-order valence-corrected chi connectivity index (χ0v) is 47.3. The molecule has 1 aliphatic heterocycles. The van der Waals surface area contributed by atoms with Crippen molar-refractivity contribution < 1.29 is 0 Å². The van der Waals surface area contributed by atoms with Gasteiger partial charge in [0.2, 0.25) is 0 Å². The number of para-hydroxylation sites is 5. The molecule has 4 aliphatic rings. The molecule has 2 atom stereocenters. The van der Waals surface area contributed by atoms with Gasteiger partial charge in [-0.3, -0.25) is 0 Å². The summed E-state index contributed by atoms with van der Waals surface area (Å²) in [6.07, 6.45) is 0. The molecule has 2 aromatic heterocycles. The van der Waals surface area contributed by atoms with Crippen LogP contribution in [0, 0.1) is 0 Å². The monoisotopic (exact) mass is 1100 g/mol. The molecule has 0 bridgehead atoms. The van der Waals surface area contributed by atoms with Gasteiger partial charge in [0.15, 0.2) is 0 Å². The molecule has 0 amide bonds. The fourth-order valence-electron chi connectivity index (χ4n) is 17.1. The van der Waals surface area contributed by atoms with Crippen molar-refractivity contribution in [2.45, 2.75) is 10.8 Å². The fraction of sp³-hybridized carbons (Fsp3) is 0.0238. The summed E-state index contributed by atoms with van der Waals surface area (Å²) in [4.78, 5) is 2.58. The van der Waals surface area contributed by atoms with Gasteiger partial charge in [0.25, 0.3) is 0 Å². The van der Waals surface area contributed by atoms with Crippen LogP contribution in [-0.4, -0.2) is 9.13 Å². The largest absolute Gasteiger partial charge is 0.310 e. The van der Waals surface area contributed by atoms with Crippen LogP contribution in [0.4, 0.5) is 17.1 Å². The first-order valence-electron chi connectivity index (χ1n) is 30.4. The van der Waals surface area contributed by atoms with Crippen LogP contribution in [0.2, 0.25) is 0 Å². The van der Waals surface area contributed by atoms with Crippen LogP contribution in [0.25, 0.3) is 110 Å². The minimum absolute atomic E-state index is 0.562. The summed E-state index contributed by atoms with van der Waals surface area (Å²) in [5, 5.41) is 7.57. The van der Waals surface area contributed by atoms with Gasteiger partial charge in [-0.2, -0.15) is 0 Å². The number of rotatable bonds is 5. The molecule has 0 fully saturated rings. The molecule has 2 spiro atoms. The molecule has 0 N–H and O–H groups in total. The fourth-order valence-corrected chi connectivity index (χ4v) is 17.1. The number of aromatic nitrogens is 2. The van der Waals surface area contributed by atoms with Crippen LogP contribution in [0.5, 0.6) is 0 Å². The molecule has 3 heteroatoms. The van der Waals surface area contributed by atoms with Crippen molar-refractivity contribution in [2.24, 2.45) is 0 Å². The summed E-state index contributed by atoms with van der Waals surface area (Å²) in [5.41, 5.74) is 29.9. The molecule has 0 saturated carbocycles. The van der Waals surface area contributed by atoms with Gasteiger partial charge in [-0.15, -0.1) is 0 Å². The first-order chi connectivity index (χ1) is 43.2. The lowest BCUT2D eigenvalue weighted by Crippen LogP contribution is -2.33. The van der Waals surface area contributed by atoms with Crippen molar-refractivity contribution in [3.05, 3.63) is 354 Å². The first-order valence-corrected chi connectivity index (χ1v) is 30.4. The topological polar surface area (TPSA) is 13.1 Å². The van der Waals surface area contributed by atoms with E-state index in [2.05, 4.69) is 323 Å². The Morgan fingerprint density at radius 1 is 0.264 bits per heavy atom. The Labute approximate surface area is 503 Å². The molecule has 14 aromatic carbocycles. The van der Waals surface area contributed by atoms with E-state index in [-0.39, 0.29) is 0 Å². The molecule has 402 valence electrons. The van der Waals surface area contributed by atoms with Gasteiger partial charge in [-0.1, -0.05) is 237 Å². The standard InChI is InChI=1S/C84H51N3/c1-2-21-55(22-3-1)86-75-36-15-10-26-62(75)66-50-54(43-49-77(66)86)52-40-44-56(45-41-52)85(57-46-47-60-59-24-6-11-30-67(59)83(74(60)51-57)68-31-12-7-27-64(68)80-58-23-5-4-20-53(58)42-48-72(80)83)79-39-19-34-71-81(79)65-28-8-13-32-69(65)84(71)70-33-14-17-38-78(70)87-76-37-16-9-25-61(76)63-29-18-35-73(84)82(63)87/h1-51H. The Morgan fingerprint density at radius 3 is 1.59 bits per heavy atom. The number of benzene rings is 14. The third kappa shape index (κ3) is 5.91. The predicted molar refractivity (Wildman–Crippen MR) is 360 cm³/mol. The smallest absolute Gasteiger partial charge is 0.0755 e. The Kier molecular flexibility index (Phi) is 9.32. The minimum Gasteiger partial charge on any atom is -0.310 e. The molecule has 0 saturated heterocycles. The van der Waals surface area contributed by atoms with Crippen molar-refractivity contribution in [3.8, 4) is 55.9 Å². The molecule has 3 aliphatic carbocycles. The second-order valence-electron chi connectivity index (χ2n) is 24.1. The normalized spacial score (nSPS) is 16.1. The second-order valence-corrected chi connectivity index (χ2v) is 24.1. The van der Waals surface area contributed by atoms with Crippen molar-refractivity contribution in [2.75, 3.05) is 4.90 Å². The molecular weight excluding hydrogens is 1050 g/mol. The highest BCUT2D eigenvalue weighted by atomic mass is 15.1. The van der Waals surface area contributed by atoms with E-state index < -0.39 is 10.8 Å². The highest BCUT2D eigenvalue weighted by Gasteiger charge is 2.54. The number of anilines is 3. The van der Waals surface area contributed by atoms with Gasteiger partial charge < -0.3 is 14.0 Å². The van der Waals surface area contributed by atoms with Gasteiger partial charge in [0, 0.05) is 44.2 Å². The predicted octanol–water partition coefficient (Wildman–Crippen LogP) is 21.2. The summed E-state index contributed by atoms with van der Waals surface area (Å²) in [6.45, 7) is 0. The lowest BCUT2D eigenvalue weighted by Gasteiger charge is -2.39. The summed E-state index contributed by atoms with van der Waals surface area (Å²) < 4.78 is 4.94. The first kappa shape index (κ1) is 47.1. The zero-order chi connectivity index (χ0) is 56.7. The lowest BCUT2D eigenvalue weighted by molar-refractivity contribution is 0.748. The van der Waals surface area contributed by atoms with Gasteiger partial charge in [-0.25, -0.2) is 0 Å². The molecule has 3 nitrogen and oxygen atoms in total. The SMILES string of the molecule is c1ccc(-n2c3ccccc3c3cc(-c4ccc(N(c5ccc6c(c5)C5(c7ccccc7-6)c6ccccc6-c6c5ccc5ccccc65)c5cccc6c5-c5ccccc5C65c6ccccc6-n6c7ccccc7c7cccc5c76)cc4)ccc32)cc1. The lowest BCUT2D eigenvalue weighted by atomic mass is 9.65. The maximum atomic E-state index is 2.58. The van der Waals surface area contributed by atoms with Crippen molar-refractivity contribution >= 4 is 71.4 Å². The molecule has 16 aromatic rings. The van der Waals surface area contributed by atoms with Crippen molar-refractivity contribution in [1.82, 2.24) is 9.13 Å². The number of nitrogens with zero attached hydrogens (tertiary/aromatic N) is 3. The molecule has 0 radical (unpaired) electrons. The van der Waals surface area contributed by atoms with Gasteiger partial charge >= 0.3 is 0 Å². The quantitative estimate of drug-likeness (QED) is 0.167. The number of fused-ring (bicyclic) bond motifs is 27. The Balaban J connectivity index is 0.845. The minimum atomic E-state index is -0.621. The van der Waals surface area contributed by atoms with Crippen LogP contribution in [0.1, 0.15) is 44.5 Å². The van der Waals surface area contributed by atoms with Crippen LogP contribution >= 0.6 is 0 Å². The summed E-state index contributed by atoms with van der Waals surface area (Å²) in [6, 6.07) is 117. The molecule has 2 unspecified atom stereocenters.